The van der Waals surface area contributed by atoms with E-state index in [-0.39, 0.29) is 18.5 Å². The van der Waals surface area contributed by atoms with Crippen LogP contribution in [0.5, 0.6) is 0 Å². The number of aromatic nitrogens is 5. The summed E-state index contributed by atoms with van der Waals surface area (Å²) >= 11 is 0. The normalized spacial score (nSPS) is 20.1. The Morgan fingerprint density at radius 3 is 2.96 bits per heavy atom. The molecule has 0 bridgehead atoms. The van der Waals surface area contributed by atoms with E-state index in [1.165, 1.54) is 16.9 Å². The topological polar surface area (TPSA) is 123 Å². The molecule has 2 N–H and O–H groups in total. The Kier molecular flexibility index (Phi) is 3.18. The van der Waals surface area contributed by atoms with E-state index in [1.807, 2.05) is 0 Å². The highest BCUT2D eigenvalue weighted by molar-refractivity contribution is 5.74. The molecule has 4 heterocycles. The average Bonchev–Trinajstić information content (AvgIpc) is 3.21. The molecule has 3 aromatic heterocycles. The zero-order valence-electron chi connectivity index (χ0n) is 12.9. The smallest absolute Gasteiger partial charge is 0.325 e. The quantitative estimate of drug-likeness (QED) is 0.687. The van der Waals surface area contributed by atoms with E-state index in [9.17, 15) is 14.0 Å². The van der Waals surface area contributed by atoms with Crippen LogP contribution in [-0.4, -0.2) is 43.3 Å². The number of rotatable bonds is 2. The molecule has 9 nitrogen and oxygen atoms in total. The molecule has 0 saturated carbocycles. The lowest BCUT2D eigenvalue weighted by molar-refractivity contribution is 0.271. The Labute approximate surface area is 139 Å². The van der Waals surface area contributed by atoms with Gasteiger partial charge in [-0.05, 0) is 6.07 Å². The highest BCUT2D eigenvalue weighted by Gasteiger charge is 2.39. The minimum Gasteiger partial charge on any atom is -0.364 e. The van der Waals surface area contributed by atoms with Crippen LogP contribution in [0.1, 0.15) is 6.42 Å². The van der Waals surface area contributed by atoms with Crippen molar-refractivity contribution in [2.75, 3.05) is 18.0 Å². The first-order valence-corrected chi connectivity index (χ1v) is 7.51. The number of nitrogens with one attached hydrogen (secondary N) is 2. The lowest BCUT2D eigenvalue weighted by Gasteiger charge is -2.19. The highest BCUT2D eigenvalue weighted by atomic mass is 19.1. The van der Waals surface area contributed by atoms with Crippen LogP contribution in [0.25, 0.3) is 16.9 Å². The standard InChI is InChI=1S/C15H12FN7O2/c16-15(7-17)1-3-22(8-15)11-5-10(21-23-4-2-18-12(11)23)9-6-19-14(25)20-13(9)24/h2,4-6H,1,3,8H2,(H2,19,20,24,25). The number of hydrogen-bond acceptors (Lipinski definition) is 6. The number of H-pyrrole nitrogens is 2. The highest BCUT2D eigenvalue weighted by Crippen LogP contribution is 2.32. The maximum atomic E-state index is 14.3. The number of anilines is 1. The number of alkyl halides is 1. The second kappa shape index (κ2) is 5.27. The summed E-state index contributed by atoms with van der Waals surface area (Å²) < 4.78 is 15.8. The van der Waals surface area contributed by atoms with Gasteiger partial charge in [-0.15, -0.1) is 0 Å². The predicted molar refractivity (Wildman–Crippen MR) is 85.9 cm³/mol. The van der Waals surface area contributed by atoms with Crippen molar-refractivity contribution >= 4 is 11.3 Å². The molecule has 1 fully saturated rings. The van der Waals surface area contributed by atoms with Crippen LogP contribution in [0.3, 0.4) is 0 Å². The summed E-state index contributed by atoms with van der Waals surface area (Å²) in [7, 11) is 0. The Hall–Kier alpha value is -3.48. The van der Waals surface area contributed by atoms with Crippen LogP contribution < -0.4 is 16.1 Å². The van der Waals surface area contributed by atoms with E-state index in [2.05, 4.69) is 20.1 Å². The van der Waals surface area contributed by atoms with E-state index < -0.39 is 16.9 Å². The Morgan fingerprint density at radius 1 is 1.40 bits per heavy atom. The number of hydrogen-bond donors (Lipinski definition) is 2. The van der Waals surface area contributed by atoms with E-state index in [1.54, 1.807) is 23.2 Å². The number of imidazole rings is 1. The van der Waals surface area contributed by atoms with Gasteiger partial charge in [0.2, 0.25) is 5.67 Å². The lowest BCUT2D eigenvalue weighted by atomic mass is 10.1. The molecule has 1 aliphatic heterocycles. The molecule has 25 heavy (non-hydrogen) atoms. The summed E-state index contributed by atoms with van der Waals surface area (Å²) in [4.78, 5) is 33.7. The molecule has 0 amide bonds. The summed E-state index contributed by atoms with van der Waals surface area (Å²) in [6.45, 7) is 0.259. The van der Waals surface area contributed by atoms with Gasteiger partial charge in [0.15, 0.2) is 5.65 Å². The predicted octanol–water partition coefficient (Wildman–Crippen LogP) is 0.215. The maximum Gasteiger partial charge on any atom is 0.325 e. The van der Waals surface area contributed by atoms with Crippen LogP contribution >= 0.6 is 0 Å². The average molecular weight is 341 g/mol. The van der Waals surface area contributed by atoms with Crippen molar-refractivity contribution < 1.29 is 4.39 Å². The van der Waals surface area contributed by atoms with E-state index >= 15 is 0 Å². The summed E-state index contributed by atoms with van der Waals surface area (Å²) in [5.41, 5.74) is -1.59. The van der Waals surface area contributed by atoms with Crippen LogP contribution in [0, 0.1) is 11.3 Å². The third kappa shape index (κ3) is 2.46. The summed E-state index contributed by atoms with van der Waals surface area (Å²) in [6, 6.07) is 3.30. The van der Waals surface area contributed by atoms with Crippen molar-refractivity contribution in [2.45, 2.75) is 12.1 Å². The molecule has 1 unspecified atom stereocenters. The zero-order valence-corrected chi connectivity index (χ0v) is 12.9. The van der Waals surface area contributed by atoms with Gasteiger partial charge in [0, 0.05) is 31.6 Å². The van der Waals surface area contributed by atoms with Crippen LogP contribution in [0.15, 0.2) is 34.2 Å². The number of nitriles is 1. The van der Waals surface area contributed by atoms with Crippen LogP contribution in [0.2, 0.25) is 0 Å². The van der Waals surface area contributed by atoms with Gasteiger partial charge in [0.05, 0.1) is 17.8 Å². The molecule has 0 spiro atoms. The molecular weight excluding hydrogens is 329 g/mol. The van der Waals surface area contributed by atoms with Crippen molar-refractivity contribution in [3.8, 4) is 17.3 Å². The zero-order chi connectivity index (χ0) is 17.6. The van der Waals surface area contributed by atoms with E-state index in [0.29, 0.717) is 23.6 Å². The molecule has 0 aliphatic carbocycles. The summed E-state index contributed by atoms with van der Waals surface area (Å²) in [5.74, 6) is 0. The fraction of sp³-hybridized carbons (Fsp3) is 0.267. The first kappa shape index (κ1) is 15.1. The van der Waals surface area contributed by atoms with Gasteiger partial charge in [-0.2, -0.15) is 10.4 Å². The molecular formula is C15H12FN7O2. The van der Waals surface area contributed by atoms with Crippen LogP contribution in [0.4, 0.5) is 10.1 Å². The van der Waals surface area contributed by atoms with Gasteiger partial charge in [0.1, 0.15) is 11.8 Å². The fourth-order valence-corrected chi connectivity index (χ4v) is 2.93. The molecule has 1 aliphatic rings. The van der Waals surface area contributed by atoms with Crippen LogP contribution in [-0.2, 0) is 0 Å². The second-order valence-electron chi connectivity index (χ2n) is 5.84. The summed E-state index contributed by atoms with van der Waals surface area (Å²) in [6.07, 6.45) is 4.50. The Bertz CT molecular complexity index is 1130. The minimum atomic E-state index is -1.91. The first-order valence-electron chi connectivity index (χ1n) is 7.51. The molecule has 3 aromatic rings. The molecule has 10 heteroatoms. The van der Waals surface area contributed by atoms with Gasteiger partial charge in [0.25, 0.3) is 5.56 Å². The maximum absolute atomic E-state index is 14.3. The largest absolute Gasteiger partial charge is 0.364 e. The van der Waals surface area contributed by atoms with Gasteiger partial charge in [-0.1, -0.05) is 0 Å². The van der Waals surface area contributed by atoms with Gasteiger partial charge >= 0.3 is 5.69 Å². The van der Waals surface area contributed by atoms with Crippen molar-refractivity contribution in [1.82, 2.24) is 24.6 Å². The minimum absolute atomic E-state index is 0.0859. The Balaban J connectivity index is 1.88. The molecule has 126 valence electrons. The van der Waals surface area contributed by atoms with Crippen molar-refractivity contribution in [3.63, 3.8) is 0 Å². The lowest BCUT2D eigenvalue weighted by Crippen LogP contribution is -2.28. The van der Waals surface area contributed by atoms with Crippen molar-refractivity contribution in [3.05, 3.63) is 45.5 Å². The van der Waals surface area contributed by atoms with Crippen molar-refractivity contribution in [2.24, 2.45) is 0 Å². The Morgan fingerprint density at radius 2 is 2.24 bits per heavy atom. The summed E-state index contributed by atoms with van der Waals surface area (Å²) in [5, 5.41) is 13.3. The number of fused-ring (bicyclic) bond motifs is 1. The molecule has 1 atom stereocenters. The number of aromatic amines is 2. The molecule has 0 radical (unpaired) electrons. The van der Waals surface area contributed by atoms with Gasteiger partial charge in [-0.25, -0.2) is 18.7 Å². The molecule has 0 aromatic carbocycles. The SMILES string of the molecule is N#CC1(F)CCN(c2cc(-c3c[nH]c(=O)[nH]c3=O)nn3ccnc23)C1. The number of halogens is 1. The number of nitrogens with zero attached hydrogens (tertiary/aromatic N) is 5. The molecule has 4 rings (SSSR count). The van der Waals surface area contributed by atoms with Gasteiger partial charge in [-0.3, -0.25) is 9.78 Å². The third-order valence-electron chi connectivity index (χ3n) is 4.20. The van der Waals surface area contributed by atoms with Crippen molar-refractivity contribution in [1.29, 1.82) is 5.26 Å². The second-order valence-corrected chi connectivity index (χ2v) is 5.84. The van der Waals surface area contributed by atoms with E-state index in [4.69, 9.17) is 5.26 Å². The fourth-order valence-electron chi connectivity index (χ4n) is 2.93. The third-order valence-corrected chi connectivity index (χ3v) is 4.20. The van der Waals surface area contributed by atoms with E-state index in [0.717, 1.165) is 0 Å². The first-order chi connectivity index (χ1) is 12.0. The molecule has 1 saturated heterocycles. The van der Waals surface area contributed by atoms with Gasteiger partial charge < -0.3 is 9.88 Å². The monoisotopic (exact) mass is 341 g/mol.